The van der Waals surface area contributed by atoms with Crippen molar-refractivity contribution in [2.45, 2.75) is 17.1 Å². The van der Waals surface area contributed by atoms with Crippen molar-refractivity contribution >= 4 is 15.8 Å². The van der Waals surface area contributed by atoms with Crippen molar-refractivity contribution in [3.63, 3.8) is 0 Å². The van der Waals surface area contributed by atoms with Crippen LogP contribution in [0.1, 0.15) is 11.1 Å². The second-order valence-corrected chi connectivity index (χ2v) is 6.45. The Bertz CT molecular complexity index is 688. The molecule has 0 unspecified atom stereocenters. The first-order chi connectivity index (χ1) is 9.47. The fourth-order valence-corrected chi connectivity index (χ4v) is 3.23. The van der Waals surface area contributed by atoms with E-state index in [1.165, 1.54) is 0 Å². The molecule has 0 radical (unpaired) electrons. The molecule has 0 saturated carbocycles. The third-order valence-electron chi connectivity index (χ3n) is 2.84. The molecule has 0 bridgehead atoms. The first kappa shape index (κ1) is 14.3. The predicted molar refractivity (Wildman–Crippen MR) is 75.1 cm³/mol. The van der Waals surface area contributed by atoms with Crippen molar-refractivity contribution in [1.82, 2.24) is 0 Å². The minimum atomic E-state index is -3.37. The van der Waals surface area contributed by atoms with Crippen molar-refractivity contribution in [3.05, 3.63) is 65.7 Å². The summed E-state index contributed by atoms with van der Waals surface area (Å²) in [7, 11) is -3.37. The Morgan fingerprint density at radius 3 is 2.00 bits per heavy atom. The standard InChI is InChI=1S/C15H14O4S/c16-15(17)10-12-6-8-13(9-7-12)11-20(18,19)14-4-2-1-3-5-14/h1-9H,10-11H2,(H,16,17). The van der Waals surface area contributed by atoms with E-state index in [-0.39, 0.29) is 17.1 Å². The Balaban J connectivity index is 2.16. The normalized spacial score (nSPS) is 11.2. The smallest absolute Gasteiger partial charge is 0.307 e. The van der Waals surface area contributed by atoms with Crippen LogP contribution < -0.4 is 0 Å². The van der Waals surface area contributed by atoms with Gasteiger partial charge in [0.2, 0.25) is 0 Å². The molecule has 4 nitrogen and oxygen atoms in total. The van der Waals surface area contributed by atoms with Crippen LogP contribution in [0.5, 0.6) is 0 Å². The third-order valence-corrected chi connectivity index (χ3v) is 4.54. The molecule has 0 spiro atoms. The average molecular weight is 290 g/mol. The summed E-state index contributed by atoms with van der Waals surface area (Å²) in [5, 5.41) is 8.68. The Hall–Kier alpha value is -2.14. The number of carbonyl (C=O) groups is 1. The molecule has 5 heteroatoms. The zero-order valence-corrected chi connectivity index (χ0v) is 11.5. The fourth-order valence-electron chi connectivity index (χ4n) is 1.86. The molecule has 2 rings (SSSR count). The van der Waals surface area contributed by atoms with Crippen LogP contribution >= 0.6 is 0 Å². The van der Waals surface area contributed by atoms with Crippen molar-refractivity contribution in [2.24, 2.45) is 0 Å². The van der Waals surface area contributed by atoms with Crippen LogP contribution in [0.3, 0.4) is 0 Å². The van der Waals surface area contributed by atoms with E-state index < -0.39 is 15.8 Å². The highest BCUT2D eigenvalue weighted by Gasteiger charge is 2.14. The number of aliphatic carboxylic acids is 1. The average Bonchev–Trinajstić information content (AvgIpc) is 2.41. The maximum absolute atomic E-state index is 12.2. The van der Waals surface area contributed by atoms with Gasteiger partial charge in [0.1, 0.15) is 0 Å². The lowest BCUT2D eigenvalue weighted by Gasteiger charge is -2.05. The molecule has 2 aromatic carbocycles. The number of carboxylic acid groups (broad SMARTS) is 1. The first-order valence-electron chi connectivity index (χ1n) is 6.05. The molecule has 2 aromatic rings. The highest BCUT2D eigenvalue weighted by atomic mass is 32.2. The molecular formula is C15H14O4S. The molecular weight excluding hydrogens is 276 g/mol. The zero-order valence-electron chi connectivity index (χ0n) is 10.7. The van der Waals surface area contributed by atoms with E-state index in [0.717, 1.165) is 0 Å². The Morgan fingerprint density at radius 1 is 0.900 bits per heavy atom. The van der Waals surface area contributed by atoms with Crippen molar-refractivity contribution in [3.8, 4) is 0 Å². The summed E-state index contributed by atoms with van der Waals surface area (Å²) in [5.74, 6) is -1.00. The van der Waals surface area contributed by atoms with Gasteiger partial charge < -0.3 is 5.11 Å². The van der Waals surface area contributed by atoms with Crippen LogP contribution in [0.4, 0.5) is 0 Å². The largest absolute Gasteiger partial charge is 0.481 e. The van der Waals surface area contributed by atoms with E-state index in [9.17, 15) is 13.2 Å². The first-order valence-corrected chi connectivity index (χ1v) is 7.70. The Morgan fingerprint density at radius 2 is 1.45 bits per heavy atom. The summed E-state index contributed by atoms with van der Waals surface area (Å²) < 4.78 is 24.3. The quantitative estimate of drug-likeness (QED) is 0.917. The zero-order chi connectivity index (χ0) is 14.6. The molecule has 20 heavy (non-hydrogen) atoms. The minimum Gasteiger partial charge on any atom is -0.481 e. The van der Waals surface area contributed by atoms with Gasteiger partial charge in [-0.2, -0.15) is 0 Å². The lowest BCUT2D eigenvalue weighted by Crippen LogP contribution is -2.05. The molecule has 0 aromatic heterocycles. The van der Waals surface area contributed by atoms with Crippen LogP contribution in [0.2, 0.25) is 0 Å². The number of carboxylic acids is 1. The highest BCUT2D eigenvalue weighted by Crippen LogP contribution is 2.16. The van der Waals surface area contributed by atoms with Crippen LogP contribution in [-0.2, 0) is 26.8 Å². The second kappa shape index (κ2) is 5.88. The molecule has 0 saturated heterocycles. The monoisotopic (exact) mass is 290 g/mol. The topological polar surface area (TPSA) is 71.4 Å². The molecule has 0 heterocycles. The molecule has 0 aliphatic carbocycles. The highest BCUT2D eigenvalue weighted by molar-refractivity contribution is 7.90. The van der Waals surface area contributed by atoms with E-state index in [1.54, 1.807) is 54.6 Å². The van der Waals surface area contributed by atoms with E-state index in [4.69, 9.17) is 5.11 Å². The van der Waals surface area contributed by atoms with Crippen molar-refractivity contribution < 1.29 is 18.3 Å². The second-order valence-electron chi connectivity index (χ2n) is 4.46. The van der Waals surface area contributed by atoms with Crippen molar-refractivity contribution in [1.29, 1.82) is 0 Å². The van der Waals surface area contributed by atoms with Gasteiger partial charge in [-0.25, -0.2) is 8.42 Å². The Kier molecular flexibility index (Phi) is 4.20. The third kappa shape index (κ3) is 3.68. The summed E-state index contributed by atoms with van der Waals surface area (Å²) in [5.41, 5.74) is 1.29. The van der Waals surface area contributed by atoms with E-state index in [1.807, 2.05) is 0 Å². The number of rotatable bonds is 5. The van der Waals surface area contributed by atoms with Crippen molar-refractivity contribution in [2.75, 3.05) is 0 Å². The van der Waals surface area contributed by atoms with Gasteiger partial charge in [0.15, 0.2) is 9.84 Å². The molecule has 0 fully saturated rings. The molecule has 104 valence electrons. The Labute approximate surface area is 117 Å². The fraction of sp³-hybridized carbons (Fsp3) is 0.133. The van der Waals surface area contributed by atoms with Gasteiger partial charge in [0.25, 0.3) is 0 Å². The lowest BCUT2D eigenvalue weighted by atomic mass is 10.1. The maximum atomic E-state index is 12.2. The minimum absolute atomic E-state index is 0.0638. The SMILES string of the molecule is O=C(O)Cc1ccc(CS(=O)(=O)c2ccccc2)cc1. The molecule has 1 N–H and O–H groups in total. The molecule has 0 aliphatic rings. The number of benzene rings is 2. The van der Waals surface area contributed by atoms with Gasteiger partial charge in [0.05, 0.1) is 17.1 Å². The summed E-state index contributed by atoms with van der Waals surface area (Å²) in [4.78, 5) is 10.9. The lowest BCUT2D eigenvalue weighted by molar-refractivity contribution is -0.136. The molecule has 0 aliphatic heterocycles. The summed E-state index contributed by atoms with van der Waals surface area (Å²) in [6.07, 6.45) is -0.0638. The van der Waals surface area contributed by atoms with E-state index >= 15 is 0 Å². The molecule has 0 amide bonds. The van der Waals surface area contributed by atoms with Gasteiger partial charge in [-0.3, -0.25) is 4.79 Å². The van der Waals surface area contributed by atoms with Crippen LogP contribution in [-0.4, -0.2) is 19.5 Å². The predicted octanol–water partition coefficient (Wildman–Crippen LogP) is 2.29. The van der Waals surface area contributed by atoms with Crippen LogP contribution in [0, 0.1) is 0 Å². The van der Waals surface area contributed by atoms with E-state index in [2.05, 4.69) is 0 Å². The van der Waals surface area contributed by atoms with Gasteiger partial charge in [-0.05, 0) is 23.3 Å². The maximum Gasteiger partial charge on any atom is 0.307 e. The van der Waals surface area contributed by atoms with Crippen LogP contribution in [0.25, 0.3) is 0 Å². The summed E-state index contributed by atoms with van der Waals surface area (Å²) in [6.45, 7) is 0. The summed E-state index contributed by atoms with van der Waals surface area (Å²) >= 11 is 0. The number of hydrogen-bond donors (Lipinski definition) is 1. The number of hydrogen-bond acceptors (Lipinski definition) is 3. The van der Waals surface area contributed by atoms with Gasteiger partial charge in [-0.1, -0.05) is 42.5 Å². The van der Waals surface area contributed by atoms with Gasteiger partial charge >= 0.3 is 5.97 Å². The van der Waals surface area contributed by atoms with Gasteiger partial charge in [0, 0.05) is 0 Å². The molecule has 0 atom stereocenters. The van der Waals surface area contributed by atoms with E-state index in [0.29, 0.717) is 11.1 Å². The number of sulfone groups is 1. The van der Waals surface area contributed by atoms with Crippen LogP contribution in [0.15, 0.2) is 59.5 Å². The summed E-state index contributed by atoms with van der Waals surface area (Å²) in [6, 6.07) is 14.8. The van der Waals surface area contributed by atoms with Gasteiger partial charge in [-0.15, -0.1) is 0 Å².